The number of cyclic esters (lactones) is 1. The zero-order valence-electron chi connectivity index (χ0n) is 12.1. The quantitative estimate of drug-likeness (QED) is 0.880. The fourth-order valence-electron chi connectivity index (χ4n) is 2.47. The number of nitrogens with one attached hydrogen (secondary N) is 1. The third kappa shape index (κ3) is 3.33. The zero-order valence-corrected chi connectivity index (χ0v) is 12.9. The highest BCUT2D eigenvalue weighted by Gasteiger charge is 2.33. The Morgan fingerprint density at radius 1 is 1.41 bits per heavy atom. The number of hydrogen-bond acceptors (Lipinski definition) is 5. The molecule has 0 spiro atoms. The van der Waals surface area contributed by atoms with Gasteiger partial charge < -0.3 is 10.1 Å². The van der Waals surface area contributed by atoms with Gasteiger partial charge in [-0.3, -0.25) is 9.59 Å². The Balaban J connectivity index is 1.61. The van der Waals surface area contributed by atoms with Crippen LogP contribution in [0.4, 0.5) is 5.13 Å². The Hall–Kier alpha value is -2.21. The van der Waals surface area contributed by atoms with Gasteiger partial charge in [0, 0.05) is 17.4 Å². The molecule has 0 saturated carbocycles. The van der Waals surface area contributed by atoms with E-state index < -0.39 is 0 Å². The number of carbonyl (C=O) groups is 2. The van der Waals surface area contributed by atoms with Crippen molar-refractivity contribution in [2.75, 3.05) is 5.32 Å². The molecule has 0 aliphatic carbocycles. The fraction of sp³-hybridized carbons (Fsp3) is 0.312. The van der Waals surface area contributed by atoms with Gasteiger partial charge in [0.2, 0.25) is 5.91 Å². The number of benzene rings is 1. The highest BCUT2D eigenvalue weighted by Crippen LogP contribution is 2.27. The molecule has 1 aliphatic heterocycles. The second-order valence-corrected chi connectivity index (χ2v) is 6.19. The Kier molecular flexibility index (Phi) is 4.20. The van der Waals surface area contributed by atoms with Crippen LogP contribution in [0.15, 0.2) is 35.7 Å². The van der Waals surface area contributed by atoms with Gasteiger partial charge in [0.25, 0.3) is 0 Å². The summed E-state index contributed by atoms with van der Waals surface area (Å²) in [7, 11) is 0. The molecule has 22 heavy (non-hydrogen) atoms. The van der Waals surface area contributed by atoms with Crippen LogP contribution in [0.2, 0.25) is 0 Å². The first kappa shape index (κ1) is 14.7. The molecule has 2 atom stereocenters. The summed E-state index contributed by atoms with van der Waals surface area (Å²) in [5, 5.41) is 5.20. The largest absolute Gasteiger partial charge is 0.462 e. The van der Waals surface area contributed by atoms with E-state index in [0.717, 1.165) is 11.3 Å². The standard InChI is InChI=1S/C16H16N2O3S/c1-10-7-12(15(20)21-10)8-14(19)18-16-17-13(9-22-16)11-5-3-2-4-6-11/h2-6,9-10,12H,7-8H2,1H3,(H,17,18,19)/t10-,12-/m1/s1. The van der Waals surface area contributed by atoms with Gasteiger partial charge in [-0.1, -0.05) is 30.3 Å². The minimum atomic E-state index is -0.344. The van der Waals surface area contributed by atoms with Gasteiger partial charge in [-0.05, 0) is 13.3 Å². The summed E-state index contributed by atoms with van der Waals surface area (Å²) in [5.74, 6) is -0.833. The van der Waals surface area contributed by atoms with E-state index in [1.807, 2.05) is 42.6 Å². The maximum Gasteiger partial charge on any atom is 0.309 e. The Morgan fingerprint density at radius 2 is 2.18 bits per heavy atom. The van der Waals surface area contributed by atoms with E-state index in [4.69, 9.17) is 4.74 Å². The van der Waals surface area contributed by atoms with Crippen LogP contribution in [0.25, 0.3) is 11.3 Å². The van der Waals surface area contributed by atoms with Gasteiger partial charge in [-0.25, -0.2) is 4.98 Å². The first-order chi connectivity index (χ1) is 10.6. The molecule has 1 saturated heterocycles. The van der Waals surface area contributed by atoms with Crippen LogP contribution in [0, 0.1) is 5.92 Å². The predicted molar refractivity (Wildman–Crippen MR) is 84.5 cm³/mol. The van der Waals surface area contributed by atoms with Crippen molar-refractivity contribution in [2.45, 2.75) is 25.9 Å². The average Bonchev–Trinajstić information content (AvgIpc) is 3.07. The van der Waals surface area contributed by atoms with Crippen LogP contribution < -0.4 is 5.32 Å². The number of nitrogens with zero attached hydrogens (tertiary/aromatic N) is 1. The van der Waals surface area contributed by atoms with Crippen molar-refractivity contribution in [3.63, 3.8) is 0 Å². The number of rotatable bonds is 4. The highest BCUT2D eigenvalue weighted by molar-refractivity contribution is 7.14. The summed E-state index contributed by atoms with van der Waals surface area (Å²) in [6.45, 7) is 1.84. The predicted octanol–water partition coefficient (Wildman–Crippen LogP) is 3.09. The van der Waals surface area contributed by atoms with Gasteiger partial charge in [-0.2, -0.15) is 0 Å². The number of ether oxygens (including phenoxy) is 1. The van der Waals surface area contributed by atoms with Crippen LogP contribution in [0.1, 0.15) is 19.8 Å². The SMILES string of the molecule is C[C@@H]1C[C@H](CC(=O)Nc2nc(-c3ccccc3)cs2)C(=O)O1. The second kappa shape index (κ2) is 6.27. The maximum atomic E-state index is 12.0. The van der Waals surface area contributed by atoms with Gasteiger partial charge in [0.05, 0.1) is 17.7 Å². The molecule has 1 amide bonds. The van der Waals surface area contributed by atoms with E-state index in [0.29, 0.717) is 11.6 Å². The summed E-state index contributed by atoms with van der Waals surface area (Å²) in [4.78, 5) is 28.0. The molecule has 114 valence electrons. The van der Waals surface area contributed by atoms with Crippen molar-refractivity contribution < 1.29 is 14.3 Å². The lowest BCUT2D eigenvalue weighted by molar-refractivity contribution is -0.144. The summed E-state index contributed by atoms with van der Waals surface area (Å²) in [5.41, 5.74) is 1.84. The third-order valence-corrected chi connectivity index (χ3v) is 4.28. The molecule has 5 nitrogen and oxygen atoms in total. The number of aromatic nitrogens is 1. The molecule has 1 aliphatic rings. The van der Waals surface area contributed by atoms with Gasteiger partial charge in [0.15, 0.2) is 5.13 Å². The minimum Gasteiger partial charge on any atom is -0.462 e. The Morgan fingerprint density at radius 3 is 2.86 bits per heavy atom. The van der Waals surface area contributed by atoms with Crippen molar-refractivity contribution >= 4 is 28.3 Å². The van der Waals surface area contributed by atoms with Gasteiger partial charge in [-0.15, -0.1) is 11.3 Å². The topological polar surface area (TPSA) is 68.3 Å². The summed E-state index contributed by atoms with van der Waals surface area (Å²) < 4.78 is 5.05. The Bertz CT molecular complexity index is 684. The number of thiazole rings is 1. The van der Waals surface area contributed by atoms with E-state index in [-0.39, 0.29) is 30.3 Å². The van der Waals surface area contributed by atoms with Gasteiger partial charge >= 0.3 is 5.97 Å². The average molecular weight is 316 g/mol. The lowest BCUT2D eigenvalue weighted by Crippen LogP contribution is -2.19. The number of carbonyl (C=O) groups excluding carboxylic acids is 2. The van der Waals surface area contributed by atoms with Crippen LogP contribution in [0.5, 0.6) is 0 Å². The summed E-state index contributed by atoms with van der Waals surface area (Å²) >= 11 is 1.37. The lowest BCUT2D eigenvalue weighted by Gasteiger charge is -2.04. The summed E-state index contributed by atoms with van der Waals surface area (Å²) in [6, 6.07) is 9.77. The minimum absolute atomic E-state index is 0.102. The van der Waals surface area contributed by atoms with Crippen molar-refractivity contribution in [1.29, 1.82) is 0 Å². The first-order valence-corrected chi connectivity index (χ1v) is 8.01. The molecule has 3 rings (SSSR count). The smallest absolute Gasteiger partial charge is 0.309 e. The fourth-order valence-corrected chi connectivity index (χ4v) is 3.21. The molecule has 1 aromatic carbocycles. The first-order valence-electron chi connectivity index (χ1n) is 7.13. The molecule has 2 heterocycles. The number of esters is 1. The van der Waals surface area contributed by atoms with E-state index in [1.165, 1.54) is 11.3 Å². The Labute approximate surface area is 132 Å². The highest BCUT2D eigenvalue weighted by atomic mass is 32.1. The van der Waals surface area contributed by atoms with Crippen molar-refractivity contribution in [3.05, 3.63) is 35.7 Å². The summed E-state index contributed by atoms with van der Waals surface area (Å²) in [6.07, 6.45) is 0.637. The number of anilines is 1. The van der Waals surface area contributed by atoms with Crippen molar-refractivity contribution in [1.82, 2.24) is 4.98 Å². The molecule has 1 N–H and O–H groups in total. The van der Waals surface area contributed by atoms with Crippen molar-refractivity contribution in [2.24, 2.45) is 5.92 Å². The molecule has 0 radical (unpaired) electrons. The van der Waals surface area contributed by atoms with E-state index in [1.54, 1.807) is 0 Å². The number of hydrogen-bond donors (Lipinski definition) is 1. The van der Waals surface area contributed by atoms with Crippen LogP contribution >= 0.6 is 11.3 Å². The normalized spacial score (nSPS) is 20.7. The lowest BCUT2D eigenvalue weighted by atomic mass is 10.0. The molecule has 0 unspecified atom stereocenters. The molecule has 1 fully saturated rings. The molecular formula is C16H16N2O3S. The van der Waals surface area contributed by atoms with E-state index >= 15 is 0 Å². The van der Waals surface area contributed by atoms with E-state index in [2.05, 4.69) is 10.3 Å². The third-order valence-electron chi connectivity index (χ3n) is 3.52. The van der Waals surface area contributed by atoms with Crippen LogP contribution in [0.3, 0.4) is 0 Å². The molecule has 6 heteroatoms. The molecule has 1 aromatic heterocycles. The molecular weight excluding hydrogens is 300 g/mol. The van der Waals surface area contributed by atoms with Crippen LogP contribution in [-0.2, 0) is 14.3 Å². The van der Waals surface area contributed by atoms with Crippen molar-refractivity contribution in [3.8, 4) is 11.3 Å². The number of amides is 1. The monoisotopic (exact) mass is 316 g/mol. The molecule has 0 bridgehead atoms. The zero-order chi connectivity index (χ0) is 15.5. The van der Waals surface area contributed by atoms with Crippen LogP contribution in [-0.4, -0.2) is 23.0 Å². The molecule has 2 aromatic rings. The maximum absolute atomic E-state index is 12.0. The van der Waals surface area contributed by atoms with E-state index in [9.17, 15) is 9.59 Å². The second-order valence-electron chi connectivity index (χ2n) is 5.34. The van der Waals surface area contributed by atoms with Gasteiger partial charge in [0.1, 0.15) is 0 Å².